The zero-order valence-electron chi connectivity index (χ0n) is 17.3. The third-order valence-electron chi connectivity index (χ3n) is 5.65. The van der Waals surface area contributed by atoms with Crippen LogP contribution in [0, 0.1) is 5.41 Å². The number of benzene rings is 2. The van der Waals surface area contributed by atoms with Gasteiger partial charge in [-0.2, -0.15) is 0 Å². The molecule has 166 valence electrons. The third kappa shape index (κ3) is 3.74. The Labute approximate surface area is 182 Å². The summed E-state index contributed by atoms with van der Waals surface area (Å²) in [6, 6.07) is 14.8. The first-order valence-corrected chi connectivity index (χ1v) is 12.8. The largest absolute Gasteiger partial charge is 0.273 e. The van der Waals surface area contributed by atoms with Crippen molar-refractivity contribution in [1.82, 2.24) is 8.61 Å². The lowest BCUT2D eigenvalue weighted by atomic mass is 9.80. The van der Waals surface area contributed by atoms with Crippen molar-refractivity contribution < 1.29 is 26.4 Å². The minimum atomic E-state index is -4.27. The van der Waals surface area contributed by atoms with E-state index in [1.165, 1.54) is 48.5 Å². The maximum atomic E-state index is 13.5. The molecule has 0 aromatic heterocycles. The van der Waals surface area contributed by atoms with Gasteiger partial charge in [0.1, 0.15) is 5.41 Å². The van der Waals surface area contributed by atoms with Crippen LogP contribution in [0.25, 0.3) is 0 Å². The molecule has 3 rings (SSSR count). The number of hydrogen-bond acceptors (Lipinski definition) is 6. The summed E-state index contributed by atoms with van der Waals surface area (Å²) in [6.45, 7) is 2.22. The molecule has 0 radical (unpaired) electrons. The Kier molecular flexibility index (Phi) is 6.24. The number of rotatable bonds is 6. The average Bonchev–Trinajstić information content (AvgIpc) is 2.89. The van der Waals surface area contributed by atoms with Crippen LogP contribution in [0.5, 0.6) is 0 Å². The van der Waals surface area contributed by atoms with Crippen molar-refractivity contribution in [2.75, 3.05) is 13.1 Å². The first-order chi connectivity index (χ1) is 14.6. The highest BCUT2D eigenvalue weighted by Gasteiger charge is 2.54. The van der Waals surface area contributed by atoms with Crippen LogP contribution in [0.15, 0.2) is 70.5 Å². The summed E-state index contributed by atoms with van der Waals surface area (Å²) in [5.41, 5.74) is -1.81. The van der Waals surface area contributed by atoms with Crippen molar-refractivity contribution in [3.8, 4) is 0 Å². The van der Waals surface area contributed by atoms with Crippen molar-refractivity contribution >= 4 is 31.9 Å². The van der Waals surface area contributed by atoms with E-state index < -0.39 is 50.4 Å². The normalized spacial score (nSPS) is 17.5. The fraction of sp³-hybridized carbons (Fsp3) is 0.333. The van der Waals surface area contributed by atoms with Gasteiger partial charge in [-0.3, -0.25) is 9.59 Å². The van der Waals surface area contributed by atoms with Gasteiger partial charge in [0.2, 0.25) is 0 Å². The second-order valence-electron chi connectivity index (χ2n) is 7.18. The Balaban J connectivity index is 2.15. The molecule has 8 nitrogen and oxygen atoms in total. The summed E-state index contributed by atoms with van der Waals surface area (Å²) in [7, 11) is -8.55. The number of carbonyl (C=O) groups excluding carboxylic acids is 2. The van der Waals surface area contributed by atoms with Crippen LogP contribution in [0.4, 0.5) is 0 Å². The highest BCUT2D eigenvalue weighted by atomic mass is 32.2. The quantitative estimate of drug-likeness (QED) is 0.607. The van der Waals surface area contributed by atoms with Crippen LogP contribution < -0.4 is 0 Å². The smallest absolute Gasteiger partial charge is 0.266 e. The number of hydrogen-bond donors (Lipinski definition) is 0. The van der Waals surface area contributed by atoms with Crippen LogP contribution in [0.1, 0.15) is 26.7 Å². The maximum Gasteiger partial charge on any atom is 0.266 e. The first kappa shape index (κ1) is 23.0. The van der Waals surface area contributed by atoms with Crippen LogP contribution >= 0.6 is 0 Å². The summed E-state index contributed by atoms with van der Waals surface area (Å²) < 4.78 is 54.2. The number of amides is 2. The molecule has 0 unspecified atom stereocenters. The molecule has 1 fully saturated rings. The van der Waals surface area contributed by atoms with Gasteiger partial charge in [-0.1, -0.05) is 50.2 Å². The zero-order valence-corrected chi connectivity index (χ0v) is 18.9. The van der Waals surface area contributed by atoms with Gasteiger partial charge in [0, 0.05) is 0 Å². The Morgan fingerprint density at radius 2 is 1.00 bits per heavy atom. The molecule has 2 aromatic carbocycles. The van der Waals surface area contributed by atoms with Crippen LogP contribution in [0.2, 0.25) is 0 Å². The summed E-state index contributed by atoms with van der Waals surface area (Å²) in [6.07, 6.45) is -0.0778. The van der Waals surface area contributed by atoms with Gasteiger partial charge in [-0.15, -0.1) is 0 Å². The molecule has 1 saturated heterocycles. The molecule has 0 bridgehead atoms. The van der Waals surface area contributed by atoms with Crippen molar-refractivity contribution in [2.24, 2.45) is 5.41 Å². The van der Waals surface area contributed by atoms with E-state index in [1.54, 1.807) is 26.0 Å². The van der Waals surface area contributed by atoms with Crippen molar-refractivity contribution in [3.63, 3.8) is 0 Å². The van der Waals surface area contributed by atoms with Gasteiger partial charge in [-0.25, -0.2) is 25.4 Å². The second-order valence-corrected chi connectivity index (χ2v) is 10.9. The number of sulfonamides is 2. The van der Waals surface area contributed by atoms with E-state index in [-0.39, 0.29) is 22.6 Å². The molecule has 1 aliphatic heterocycles. The molecule has 0 N–H and O–H groups in total. The lowest BCUT2D eigenvalue weighted by Gasteiger charge is -2.32. The average molecular weight is 465 g/mol. The van der Waals surface area contributed by atoms with E-state index in [9.17, 15) is 26.4 Å². The van der Waals surface area contributed by atoms with E-state index in [0.29, 0.717) is 8.61 Å². The van der Waals surface area contributed by atoms with Crippen molar-refractivity contribution in [1.29, 1.82) is 0 Å². The predicted molar refractivity (Wildman–Crippen MR) is 114 cm³/mol. The molecule has 0 atom stereocenters. The summed E-state index contributed by atoms with van der Waals surface area (Å²) >= 11 is 0. The molecular weight excluding hydrogens is 440 g/mol. The van der Waals surface area contributed by atoms with Gasteiger partial charge >= 0.3 is 0 Å². The van der Waals surface area contributed by atoms with E-state index >= 15 is 0 Å². The lowest BCUT2D eigenvalue weighted by Crippen LogP contribution is -2.51. The molecule has 0 spiro atoms. The maximum absolute atomic E-state index is 13.5. The molecule has 1 heterocycles. The summed E-state index contributed by atoms with van der Waals surface area (Å²) in [4.78, 5) is 26.7. The van der Waals surface area contributed by atoms with Crippen molar-refractivity contribution in [2.45, 2.75) is 36.5 Å². The van der Waals surface area contributed by atoms with Gasteiger partial charge in [0.05, 0.1) is 22.9 Å². The molecule has 2 aromatic rings. The highest BCUT2D eigenvalue weighted by molar-refractivity contribution is 7.90. The predicted octanol–water partition coefficient (Wildman–Crippen LogP) is 2.24. The Hall–Kier alpha value is -2.72. The molecular formula is C21H24N2O6S2. The highest BCUT2D eigenvalue weighted by Crippen LogP contribution is 2.37. The van der Waals surface area contributed by atoms with E-state index in [0.717, 1.165) is 0 Å². The van der Waals surface area contributed by atoms with Crippen LogP contribution in [-0.4, -0.2) is 50.3 Å². The Bertz CT molecular complexity index is 1080. The second kappa shape index (κ2) is 8.43. The Morgan fingerprint density at radius 1 is 0.677 bits per heavy atom. The minimum absolute atomic E-state index is 0.0389. The van der Waals surface area contributed by atoms with Crippen LogP contribution in [-0.2, 0) is 29.6 Å². The molecule has 0 aliphatic carbocycles. The summed E-state index contributed by atoms with van der Waals surface area (Å²) in [5, 5.41) is 0. The zero-order chi connectivity index (χ0) is 22.9. The molecule has 31 heavy (non-hydrogen) atoms. The fourth-order valence-electron chi connectivity index (χ4n) is 3.71. The lowest BCUT2D eigenvalue weighted by molar-refractivity contribution is -0.148. The van der Waals surface area contributed by atoms with Gasteiger partial charge in [0.25, 0.3) is 31.9 Å². The van der Waals surface area contributed by atoms with Gasteiger partial charge < -0.3 is 0 Å². The standard InChI is InChI=1S/C21H24N2O6S2/c1-3-21(4-2)19(24)22(30(26,27)17-11-7-5-8-12-17)15-16-23(20(21)25)31(28,29)18-13-9-6-10-14-18/h5-14H,3-4,15-16H2,1-2H3. The number of nitrogens with zero attached hydrogens (tertiary/aromatic N) is 2. The Morgan fingerprint density at radius 3 is 1.29 bits per heavy atom. The minimum Gasteiger partial charge on any atom is -0.273 e. The van der Waals surface area contributed by atoms with Crippen molar-refractivity contribution in [3.05, 3.63) is 60.7 Å². The van der Waals surface area contributed by atoms with E-state index in [4.69, 9.17) is 0 Å². The number of carbonyl (C=O) groups is 2. The van der Waals surface area contributed by atoms with E-state index in [2.05, 4.69) is 0 Å². The molecule has 0 saturated carbocycles. The van der Waals surface area contributed by atoms with Gasteiger partial charge in [0.15, 0.2) is 0 Å². The van der Waals surface area contributed by atoms with Gasteiger partial charge in [-0.05, 0) is 37.1 Å². The molecule has 1 aliphatic rings. The monoisotopic (exact) mass is 464 g/mol. The van der Waals surface area contributed by atoms with Crippen LogP contribution in [0.3, 0.4) is 0 Å². The molecule has 10 heteroatoms. The summed E-state index contributed by atoms with van der Waals surface area (Å²) in [5.74, 6) is -1.81. The topological polar surface area (TPSA) is 109 Å². The molecule has 2 amide bonds. The van der Waals surface area contributed by atoms with E-state index in [1.807, 2.05) is 0 Å². The SMILES string of the molecule is CCC1(CC)C(=O)N(S(=O)(=O)c2ccccc2)CCN(S(=O)(=O)c2ccccc2)C1=O. The fourth-order valence-corrected chi connectivity index (χ4v) is 6.65. The third-order valence-corrected chi connectivity index (χ3v) is 9.24. The first-order valence-electron chi connectivity index (χ1n) is 9.87.